The molecule has 6 nitrogen and oxygen atoms in total. The summed E-state index contributed by atoms with van der Waals surface area (Å²) in [6.45, 7) is 3.73. The topological polar surface area (TPSA) is 96.6 Å². The van der Waals surface area contributed by atoms with Crippen molar-refractivity contribution in [2.75, 3.05) is 11.5 Å². The van der Waals surface area contributed by atoms with Crippen LogP contribution in [0.25, 0.3) is 0 Å². The van der Waals surface area contributed by atoms with Crippen LogP contribution in [0.5, 0.6) is 0 Å². The van der Waals surface area contributed by atoms with Crippen LogP contribution in [0.15, 0.2) is 20.0 Å². The molecule has 108 valence electrons. The molecular formula is C10H14BrNO5S2. The van der Waals surface area contributed by atoms with Gasteiger partial charge in [0.1, 0.15) is 4.90 Å². The number of hydrogen-bond acceptors (Lipinski definition) is 5. The standard InChI is InChI=1S/C10H14BrNO5S2/c1-3-18-5-6(2)12-19(15,16)8-4-7(10(13)14)17-9(8)11/h4,6,12H,3,5H2,1-2H3,(H,13,14). The fourth-order valence-electron chi connectivity index (χ4n) is 1.30. The van der Waals surface area contributed by atoms with Crippen LogP contribution in [0.1, 0.15) is 24.4 Å². The van der Waals surface area contributed by atoms with Crippen LogP contribution >= 0.6 is 27.7 Å². The predicted octanol–water partition coefficient (Wildman–Crippen LogP) is 2.16. The highest BCUT2D eigenvalue weighted by Crippen LogP contribution is 2.26. The van der Waals surface area contributed by atoms with Gasteiger partial charge in [-0.15, -0.1) is 0 Å². The van der Waals surface area contributed by atoms with E-state index >= 15 is 0 Å². The average Bonchev–Trinajstić information content (AvgIpc) is 2.69. The second-order valence-corrected chi connectivity index (χ2v) is 7.46. The van der Waals surface area contributed by atoms with Crippen LogP contribution in [-0.4, -0.2) is 37.0 Å². The predicted molar refractivity (Wildman–Crippen MR) is 76.1 cm³/mol. The van der Waals surface area contributed by atoms with E-state index in [4.69, 9.17) is 9.52 Å². The molecule has 0 aromatic carbocycles. The van der Waals surface area contributed by atoms with Crippen molar-refractivity contribution in [3.8, 4) is 0 Å². The molecule has 0 aliphatic heterocycles. The molecule has 1 heterocycles. The molecule has 1 unspecified atom stereocenters. The lowest BCUT2D eigenvalue weighted by atomic mass is 10.4. The molecule has 1 rings (SSSR count). The molecule has 0 aliphatic carbocycles. The van der Waals surface area contributed by atoms with Gasteiger partial charge in [0.25, 0.3) is 0 Å². The van der Waals surface area contributed by atoms with Crippen molar-refractivity contribution in [3.63, 3.8) is 0 Å². The van der Waals surface area contributed by atoms with E-state index < -0.39 is 21.8 Å². The number of carboxylic acid groups (broad SMARTS) is 1. The highest BCUT2D eigenvalue weighted by molar-refractivity contribution is 9.10. The number of sulfonamides is 1. The van der Waals surface area contributed by atoms with Crippen LogP contribution in [0.2, 0.25) is 0 Å². The monoisotopic (exact) mass is 371 g/mol. The lowest BCUT2D eigenvalue weighted by molar-refractivity contribution is 0.0661. The summed E-state index contributed by atoms with van der Waals surface area (Å²) in [6.07, 6.45) is 0. The Morgan fingerprint density at radius 2 is 2.26 bits per heavy atom. The van der Waals surface area contributed by atoms with E-state index in [0.29, 0.717) is 5.75 Å². The fourth-order valence-corrected chi connectivity index (χ4v) is 4.26. The van der Waals surface area contributed by atoms with E-state index in [1.807, 2.05) is 6.92 Å². The fraction of sp³-hybridized carbons (Fsp3) is 0.500. The highest BCUT2D eigenvalue weighted by Gasteiger charge is 2.26. The Morgan fingerprint density at radius 1 is 1.63 bits per heavy atom. The summed E-state index contributed by atoms with van der Waals surface area (Å²) >= 11 is 4.52. The molecular weight excluding hydrogens is 358 g/mol. The number of carboxylic acids is 1. The van der Waals surface area contributed by atoms with Gasteiger partial charge < -0.3 is 9.52 Å². The largest absolute Gasteiger partial charge is 0.475 e. The van der Waals surface area contributed by atoms with Gasteiger partial charge >= 0.3 is 5.97 Å². The number of thioether (sulfide) groups is 1. The Labute approximate surface area is 124 Å². The first-order valence-electron chi connectivity index (χ1n) is 5.40. The Bertz CT molecular complexity index is 554. The summed E-state index contributed by atoms with van der Waals surface area (Å²) in [7, 11) is -3.80. The molecule has 1 atom stereocenters. The minimum Gasteiger partial charge on any atom is -0.475 e. The second kappa shape index (κ2) is 6.78. The first-order valence-corrected chi connectivity index (χ1v) is 8.83. The first-order chi connectivity index (χ1) is 8.77. The molecule has 1 aromatic heterocycles. The van der Waals surface area contributed by atoms with Gasteiger partial charge in [0.2, 0.25) is 15.8 Å². The summed E-state index contributed by atoms with van der Waals surface area (Å²) in [5.41, 5.74) is 0. The van der Waals surface area contributed by atoms with Crippen molar-refractivity contribution in [1.82, 2.24) is 4.72 Å². The zero-order chi connectivity index (χ0) is 14.6. The first kappa shape index (κ1) is 16.5. The van der Waals surface area contributed by atoms with Gasteiger partial charge in [-0.1, -0.05) is 6.92 Å². The average molecular weight is 372 g/mol. The number of carbonyl (C=O) groups is 1. The van der Waals surface area contributed by atoms with Gasteiger partial charge in [-0.3, -0.25) is 0 Å². The van der Waals surface area contributed by atoms with Crippen molar-refractivity contribution in [3.05, 3.63) is 16.5 Å². The lowest BCUT2D eigenvalue weighted by Crippen LogP contribution is -2.34. The highest BCUT2D eigenvalue weighted by atomic mass is 79.9. The van der Waals surface area contributed by atoms with Gasteiger partial charge in [-0.2, -0.15) is 11.8 Å². The van der Waals surface area contributed by atoms with Crippen LogP contribution in [-0.2, 0) is 10.0 Å². The smallest absolute Gasteiger partial charge is 0.371 e. The lowest BCUT2D eigenvalue weighted by Gasteiger charge is -2.12. The van der Waals surface area contributed by atoms with Crippen molar-refractivity contribution < 1.29 is 22.7 Å². The molecule has 0 spiro atoms. The van der Waals surface area contributed by atoms with Crippen molar-refractivity contribution in [2.45, 2.75) is 24.8 Å². The van der Waals surface area contributed by atoms with Gasteiger partial charge in [0.15, 0.2) is 4.67 Å². The maximum Gasteiger partial charge on any atom is 0.371 e. The van der Waals surface area contributed by atoms with E-state index in [2.05, 4.69) is 20.7 Å². The molecule has 0 aliphatic rings. The second-order valence-electron chi connectivity index (χ2n) is 3.74. The summed E-state index contributed by atoms with van der Waals surface area (Å²) in [5, 5.41) is 8.75. The molecule has 0 bridgehead atoms. The number of aromatic carboxylic acids is 1. The van der Waals surface area contributed by atoms with E-state index in [-0.39, 0.29) is 15.6 Å². The summed E-state index contributed by atoms with van der Waals surface area (Å²) in [6, 6.07) is 0.721. The SMILES string of the molecule is CCSCC(C)NS(=O)(=O)c1cc(C(=O)O)oc1Br. The Balaban J connectivity index is 2.91. The number of hydrogen-bond donors (Lipinski definition) is 2. The Hall–Kier alpha value is -0.510. The molecule has 0 radical (unpaired) electrons. The molecule has 1 aromatic rings. The molecule has 0 saturated heterocycles. The minimum absolute atomic E-state index is 0.118. The molecule has 0 fully saturated rings. The number of rotatable bonds is 7. The summed E-state index contributed by atoms with van der Waals surface area (Å²) in [4.78, 5) is 10.5. The number of halogens is 1. The van der Waals surface area contributed by atoms with E-state index in [1.54, 1.807) is 18.7 Å². The number of furan rings is 1. The molecule has 0 amide bonds. The van der Waals surface area contributed by atoms with Crippen LogP contribution in [0, 0.1) is 0 Å². The van der Waals surface area contributed by atoms with E-state index in [0.717, 1.165) is 11.8 Å². The maximum atomic E-state index is 12.1. The molecule has 2 N–H and O–H groups in total. The Morgan fingerprint density at radius 3 is 2.74 bits per heavy atom. The third-order valence-electron chi connectivity index (χ3n) is 2.08. The third-order valence-corrected chi connectivity index (χ3v) is 5.67. The van der Waals surface area contributed by atoms with Crippen molar-refractivity contribution >= 4 is 43.7 Å². The van der Waals surface area contributed by atoms with Crippen LogP contribution in [0.4, 0.5) is 0 Å². The normalized spacial score (nSPS) is 13.4. The minimum atomic E-state index is -3.80. The third kappa shape index (κ3) is 4.51. The number of nitrogens with one attached hydrogen (secondary N) is 1. The zero-order valence-corrected chi connectivity index (χ0v) is 13.6. The molecule has 0 saturated carbocycles. The van der Waals surface area contributed by atoms with E-state index in [9.17, 15) is 13.2 Å². The quantitative estimate of drug-likeness (QED) is 0.762. The van der Waals surface area contributed by atoms with Crippen molar-refractivity contribution in [2.24, 2.45) is 0 Å². The maximum absolute atomic E-state index is 12.1. The molecule has 9 heteroatoms. The Kier molecular flexibility index (Phi) is 5.90. The summed E-state index contributed by atoms with van der Waals surface area (Å²) < 4.78 is 31.3. The van der Waals surface area contributed by atoms with Crippen molar-refractivity contribution in [1.29, 1.82) is 0 Å². The van der Waals surface area contributed by atoms with Crippen LogP contribution < -0.4 is 4.72 Å². The van der Waals surface area contributed by atoms with Crippen LogP contribution in [0.3, 0.4) is 0 Å². The van der Waals surface area contributed by atoms with Gasteiger partial charge in [0.05, 0.1) is 0 Å². The molecule has 19 heavy (non-hydrogen) atoms. The van der Waals surface area contributed by atoms with E-state index in [1.165, 1.54) is 0 Å². The zero-order valence-electron chi connectivity index (χ0n) is 10.3. The van der Waals surface area contributed by atoms with Gasteiger partial charge in [-0.25, -0.2) is 17.9 Å². The summed E-state index contributed by atoms with van der Waals surface area (Å²) in [5.74, 6) is -0.221. The van der Waals surface area contributed by atoms with Gasteiger partial charge in [0, 0.05) is 17.9 Å². The van der Waals surface area contributed by atoms with Gasteiger partial charge in [-0.05, 0) is 28.6 Å².